The number of aliphatic hydroxyl groups excluding tert-OH is 1. The number of guanidine groups is 1. The van der Waals surface area contributed by atoms with Crippen molar-refractivity contribution in [3.63, 3.8) is 0 Å². The van der Waals surface area contributed by atoms with Crippen LogP contribution in [0.15, 0.2) is 47.5 Å². The van der Waals surface area contributed by atoms with Crippen LogP contribution in [0.2, 0.25) is 0 Å². The standard InChI is InChI=1S/C23H30F2N4O2/c1-26-23(27-10-13-31-22-7-6-19(24)14-21(22)25)28-15-17-2-4-18(5-3-17)16-29-11-8-20(30)9-12-29/h2-7,14,20,30H,8-13,15-16H2,1H3,(H2,26,27,28). The second kappa shape index (κ2) is 11.6. The van der Waals surface area contributed by atoms with Gasteiger partial charge in [0.2, 0.25) is 0 Å². The summed E-state index contributed by atoms with van der Waals surface area (Å²) in [5.74, 6) is -0.720. The van der Waals surface area contributed by atoms with Gasteiger partial charge in [-0.25, -0.2) is 8.78 Å². The Bertz CT molecular complexity index is 853. The molecule has 0 amide bonds. The first-order chi connectivity index (χ1) is 15.0. The second-order valence-electron chi connectivity index (χ2n) is 7.60. The molecule has 0 unspecified atom stereocenters. The van der Waals surface area contributed by atoms with Crippen LogP contribution in [0.5, 0.6) is 5.75 Å². The minimum atomic E-state index is -0.719. The molecule has 1 aliphatic rings. The van der Waals surface area contributed by atoms with Gasteiger partial charge < -0.3 is 20.5 Å². The number of aliphatic imine (C=N–C) groups is 1. The largest absolute Gasteiger partial charge is 0.489 e. The Morgan fingerprint density at radius 2 is 1.81 bits per heavy atom. The monoisotopic (exact) mass is 432 g/mol. The van der Waals surface area contributed by atoms with E-state index in [1.165, 1.54) is 11.6 Å². The normalized spacial score (nSPS) is 15.7. The van der Waals surface area contributed by atoms with Crippen molar-refractivity contribution in [1.29, 1.82) is 0 Å². The molecule has 31 heavy (non-hydrogen) atoms. The van der Waals surface area contributed by atoms with Crippen molar-refractivity contribution >= 4 is 5.96 Å². The van der Waals surface area contributed by atoms with Crippen LogP contribution >= 0.6 is 0 Å². The number of halogens is 2. The number of nitrogens with zero attached hydrogens (tertiary/aromatic N) is 2. The van der Waals surface area contributed by atoms with Gasteiger partial charge in [-0.2, -0.15) is 0 Å². The van der Waals surface area contributed by atoms with Crippen LogP contribution in [0.1, 0.15) is 24.0 Å². The van der Waals surface area contributed by atoms with Gasteiger partial charge in [0.15, 0.2) is 17.5 Å². The maximum Gasteiger partial charge on any atom is 0.191 e. The molecule has 3 N–H and O–H groups in total. The zero-order valence-corrected chi connectivity index (χ0v) is 17.8. The van der Waals surface area contributed by atoms with E-state index in [0.717, 1.165) is 50.2 Å². The van der Waals surface area contributed by atoms with Gasteiger partial charge in [-0.05, 0) is 36.1 Å². The predicted molar refractivity (Wildman–Crippen MR) is 117 cm³/mol. The number of aliphatic hydroxyl groups is 1. The highest BCUT2D eigenvalue weighted by molar-refractivity contribution is 5.79. The average molecular weight is 433 g/mol. The van der Waals surface area contributed by atoms with Crippen molar-refractivity contribution in [2.75, 3.05) is 33.3 Å². The number of nitrogens with one attached hydrogen (secondary N) is 2. The van der Waals surface area contributed by atoms with E-state index in [2.05, 4.69) is 44.8 Å². The Balaban J connectivity index is 1.37. The molecule has 2 aromatic rings. The molecule has 0 aromatic heterocycles. The van der Waals surface area contributed by atoms with Gasteiger partial charge in [0.05, 0.1) is 12.6 Å². The molecule has 0 spiro atoms. The Morgan fingerprint density at radius 1 is 1.10 bits per heavy atom. The molecule has 1 fully saturated rings. The quantitative estimate of drug-likeness (QED) is 0.340. The third-order valence-corrected chi connectivity index (χ3v) is 5.22. The molecule has 1 aliphatic heterocycles. The zero-order valence-electron chi connectivity index (χ0n) is 17.8. The van der Waals surface area contributed by atoms with Crippen LogP contribution in [0.3, 0.4) is 0 Å². The van der Waals surface area contributed by atoms with Gasteiger partial charge in [-0.1, -0.05) is 24.3 Å². The van der Waals surface area contributed by atoms with Crippen LogP contribution in [0, 0.1) is 11.6 Å². The topological polar surface area (TPSA) is 69.1 Å². The lowest BCUT2D eigenvalue weighted by Gasteiger charge is -2.29. The Hall–Kier alpha value is -2.71. The molecule has 0 atom stereocenters. The third kappa shape index (κ3) is 7.48. The molecule has 0 aliphatic carbocycles. The highest BCUT2D eigenvalue weighted by Crippen LogP contribution is 2.17. The van der Waals surface area contributed by atoms with Gasteiger partial charge in [0.1, 0.15) is 12.4 Å². The van der Waals surface area contributed by atoms with Crippen molar-refractivity contribution in [3.05, 3.63) is 65.2 Å². The number of hydrogen-bond donors (Lipinski definition) is 3. The third-order valence-electron chi connectivity index (χ3n) is 5.22. The van der Waals surface area contributed by atoms with Gasteiger partial charge in [0.25, 0.3) is 0 Å². The maximum atomic E-state index is 13.6. The fourth-order valence-electron chi connectivity index (χ4n) is 3.43. The van der Waals surface area contributed by atoms with Crippen molar-refractivity contribution in [3.8, 4) is 5.75 Å². The summed E-state index contributed by atoms with van der Waals surface area (Å²) in [5, 5.41) is 15.9. The molecular formula is C23H30F2N4O2. The summed E-state index contributed by atoms with van der Waals surface area (Å²) in [7, 11) is 1.68. The van der Waals surface area contributed by atoms with E-state index in [4.69, 9.17) is 4.74 Å². The molecule has 0 radical (unpaired) electrons. The number of rotatable bonds is 8. The molecule has 168 valence electrons. The first-order valence-electron chi connectivity index (χ1n) is 10.5. The van der Waals surface area contributed by atoms with Crippen molar-refractivity contribution in [1.82, 2.24) is 15.5 Å². The van der Waals surface area contributed by atoms with E-state index in [1.807, 2.05) is 0 Å². The SMILES string of the molecule is CN=C(NCCOc1ccc(F)cc1F)NCc1ccc(CN2CCC(O)CC2)cc1. The second-order valence-corrected chi connectivity index (χ2v) is 7.60. The molecule has 1 saturated heterocycles. The molecule has 2 aromatic carbocycles. The first kappa shape index (κ1) is 23.0. The number of hydrogen-bond acceptors (Lipinski definition) is 4. The summed E-state index contributed by atoms with van der Waals surface area (Å²) in [5.41, 5.74) is 2.39. The number of ether oxygens (including phenoxy) is 1. The molecule has 1 heterocycles. The van der Waals surface area contributed by atoms with E-state index in [0.29, 0.717) is 19.0 Å². The van der Waals surface area contributed by atoms with Crippen LogP contribution < -0.4 is 15.4 Å². The van der Waals surface area contributed by atoms with E-state index in [9.17, 15) is 13.9 Å². The molecule has 6 nitrogen and oxygen atoms in total. The molecular weight excluding hydrogens is 402 g/mol. The predicted octanol–water partition coefficient (Wildman–Crippen LogP) is 2.67. The van der Waals surface area contributed by atoms with Gasteiger partial charge in [0, 0.05) is 39.3 Å². The lowest BCUT2D eigenvalue weighted by atomic mass is 10.1. The number of likely N-dealkylation sites (tertiary alicyclic amines) is 1. The highest BCUT2D eigenvalue weighted by Gasteiger charge is 2.16. The average Bonchev–Trinajstić information content (AvgIpc) is 2.77. The van der Waals surface area contributed by atoms with Gasteiger partial charge in [-0.3, -0.25) is 9.89 Å². The molecule has 0 saturated carbocycles. The summed E-state index contributed by atoms with van der Waals surface area (Å²) in [6.45, 7) is 4.01. The molecule has 8 heteroatoms. The minimum Gasteiger partial charge on any atom is -0.489 e. The fraction of sp³-hybridized carbons (Fsp3) is 0.435. The summed E-state index contributed by atoms with van der Waals surface area (Å²) in [4.78, 5) is 6.53. The van der Waals surface area contributed by atoms with Crippen molar-refractivity contribution in [2.24, 2.45) is 4.99 Å². The van der Waals surface area contributed by atoms with Crippen molar-refractivity contribution < 1.29 is 18.6 Å². The van der Waals surface area contributed by atoms with Gasteiger partial charge in [-0.15, -0.1) is 0 Å². The van der Waals surface area contributed by atoms with Gasteiger partial charge >= 0.3 is 0 Å². The Morgan fingerprint density at radius 3 is 2.48 bits per heavy atom. The maximum absolute atomic E-state index is 13.6. The zero-order chi connectivity index (χ0) is 22.1. The smallest absolute Gasteiger partial charge is 0.191 e. The van der Waals surface area contributed by atoms with E-state index in [-0.39, 0.29) is 18.5 Å². The number of piperidine rings is 1. The molecule has 3 rings (SSSR count). The summed E-state index contributed by atoms with van der Waals surface area (Å²) >= 11 is 0. The van der Waals surface area contributed by atoms with Crippen molar-refractivity contribution in [2.45, 2.75) is 32.0 Å². The van der Waals surface area contributed by atoms with Crippen LogP contribution in [0.25, 0.3) is 0 Å². The lowest BCUT2D eigenvalue weighted by molar-refractivity contribution is 0.0792. The van der Waals surface area contributed by atoms with Crippen LogP contribution in [-0.2, 0) is 13.1 Å². The highest BCUT2D eigenvalue weighted by atomic mass is 19.1. The lowest BCUT2D eigenvalue weighted by Crippen LogP contribution is -2.38. The van der Waals surface area contributed by atoms with E-state index < -0.39 is 11.6 Å². The van der Waals surface area contributed by atoms with E-state index >= 15 is 0 Å². The summed E-state index contributed by atoms with van der Waals surface area (Å²) in [6.07, 6.45) is 1.54. The molecule has 0 bridgehead atoms. The number of benzene rings is 2. The Kier molecular flexibility index (Phi) is 8.61. The van der Waals surface area contributed by atoms with E-state index in [1.54, 1.807) is 7.05 Å². The Labute approximate surface area is 181 Å². The first-order valence-corrected chi connectivity index (χ1v) is 10.5. The van der Waals surface area contributed by atoms with Crippen LogP contribution in [-0.4, -0.2) is 55.4 Å². The van der Waals surface area contributed by atoms with Crippen LogP contribution in [0.4, 0.5) is 8.78 Å². The fourth-order valence-corrected chi connectivity index (χ4v) is 3.43. The summed E-state index contributed by atoms with van der Waals surface area (Å²) < 4.78 is 31.8. The summed E-state index contributed by atoms with van der Waals surface area (Å²) in [6, 6.07) is 11.7. The minimum absolute atomic E-state index is 0.0203.